The molecule has 2 aliphatic heterocycles. The molecule has 0 bridgehead atoms. The fourth-order valence-corrected chi connectivity index (χ4v) is 9.16. The van der Waals surface area contributed by atoms with Gasteiger partial charge in [-0.2, -0.15) is 13.2 Å². The normalized spacial score (nSPS) is 19.3. The first-order valence-corrected chi connectivity index (χ1v) is 18.8. The van der Waals surface area contributed by atoms with Gasteiger partial charge in [0, 0.05) is 79.2 Å². The molecule has 0 spiro atoms. The molecule has 8 nitrogen and oxygen atoms in total. The van der Waals surface area contributed by atoms with Crippen molar-refractivity contribution in [2.75, 3.05) is 43.0 Å². The van der Waals surface area contributed by atoms with E-state index in [0.29, 0.717) is 41.4 Å². The molecule has 6 rings (SSSR count). The van der Waals surface area contributed by atoms with Crippen molar-refractivity contribution < 1.29 is 21.6 Å². The molecular formula is C33H43F3N6O2S2. The zero-order valence-electron chi connectivity index (χ0n) is 27.0. The van der Waals surface area contributed by atoms with Crippen LogP contribution in [0.25, 0.3) is 21.1 Å². The van der Waals surface area contributed by atoms with Gasteiger partial charge >= 0.3 is 6.18 Å². The summed E-state index contributed by atoms with van der Waals surface area (Å²) < 4.78 is 65.3. The van der Waals surface area contributed by atoms with Crippen LogP contribution in [-0.2, 0) is 35.8 Å². The molecule has 46 heavy (non-hydrogen) atoms. The highest BCUT2D eigenvalue weighted by atomic mass is 32.2. The Hall–Kier alpha value is -2.74. The van der Waals surface area contributed by atoms with E-state index in [2.05, 4.69) is 68.6 Å². The molecule has 2 saturated heterocycles. The lowest BCUT2D eigenvalue weighted by Crippen LogP contribution is -2.46. The lowest BCUT2D eigenvalue weighted by Gasteiger charge is -2.33. The number of likely N-dealkylation sites (tertiary alicyclic amines) is 1. The van der Waals surface area contributed by atoms with Crippen LogP contribution < -0.4 is 5.32 Å². The summed E-state index contributed by atoms with van der Waals surface area (Å²) in [5.74, 6) is 1.76. The first-order chi connectivity index (χ1) is 21.8. The van der Waals surface area contributed by atoms with Crippen LogP contribution in [0.2, 0.25) is 0 Å². The van der Waals surface area contributed by atoms with E-state index in [1.54, 1.807) is 6.07 Å². The first-order valence-electron chi connectivity index (χ1n) is 16.2. The second-order valence-corrected chi connectivity index (χ2v) is 16.4. The second kappa shape index (κ2) is 13.0. The topological polar surface area (TPSA) is 83.4 Å². The summed E-state index contributed by atoms with van der Waals surface area (Å²) in [4.78, 5) is 14.8. The lowest BCUT2D eigenvalue weighted by atomic mass is 10.0. The molecule has 0 aliphatic carbocycles. The average molecular weight is 677 g/mol. The summed E-state index contributed by atoms with van der Waals surface area (Å²) in [5.41, 5.74) is 5.03. The van der Waals surface area contributed by atoms with Crippen molar-refractivity contribution in [1.29, 1.82) is 0 Å². The van der Waals surface area contributed by atoms with Crippen LogP contribution in [-0.4, -0.2) is 88.7 Å². The number of hydrogen-bond acceptors (Lipinski definition) is 8. The van der Waals surface area contributed by atoms with Crippen LogP contribution in [0, 0.1) is 13.8 Å². The third kappa shape index (κ3) is 7.37. The summed E-state index contributed by atoms with van der Waals surface area (Å²) in [6.07, 6.45) is -2.76. The van der Waals surface area contributed by atoms with E-state index < -0.39 is 22.4 Å². The van der Waals surface area contributed by atoms with Crippen molar-refractivity contribution in [3.8, 4) is 0 Å². The molecular weight excluding hydrogens is 634 g/mol. The number of thiophene rings is 1. The maximum absolute atomic E-state index is 13.1. The van der Waals surface area contributed by atoms with Crippen LogP contribution in [0.4, 0.5) is 19.0 Å². The molecule has 5 heterocycles. The van der Waals surface area contributed by atoms with Gasteiger partial charge in [0.25, 0.3) is 0 Å². The standard InChI is InChI=1S/C33H43F3N6O2S2/c1-5-30-38-31(28-17-26(18-33(34,35)36)45-32(28)39-30)37-25-8-10-40(11-9-25)20-24-6-7-29-27(23(24)4)16-21(2)42(29)19-22(3)41-12-14-46(43,44)15-13-41/h6-7,16-17,22,25H,5,8-15,18-20H2,1-4H3,(H,37,38,39)/t22-/m0/s1. The number of alkyl halides is 3. The number of anilines is 1. The molecule has 0 radical (unpaired) electrons. The van der Waals surface area contributed by atoms with Gasteiger partial charge in [-0.25, -0.2) is 18.4 Å². The number of halogens is 3. The number of nitrogens with one attached hydrogen (secondary N) is 1. The number of piperidine rings is 1. The van der Waals surface area contributed by atoms with E-state index in [4.69, 9.17) is 0 Å². The summed E-state index contributed by atoms with van der Waals surface area (Å²) >= 11 is 1.10. The minimum atomic E-state index is -4.26. The molecule has 0 amide bonds. The summed E-state index contributed by atoms with van der Waals surface area (Å²) in [6.45, 7) is 13.2. The van der Waals surface area contributed by atoms with Crippen LogP contribution in [0.15, 0.2) is 24.3 Å². The van der Waals surface area contributed by atoms with Crippen LogP contribution in [0.3, 0.4) is 0 Å². The third-order valence-corrected chi connectivity index (χ3v) is 12.3. The number of hydrogen-bond donors (Lipinski definition) is 1. The third-order valence-electron chi connectivity index (χ3n) is 9.63. The average Bonchev–Trinajstić information content (AvgIpc) is 3.54. The Morgan fingerprint density at radius 3 is 2.43 bits per heavy atom. The summed E-state index contributed by atoms with van der Waals surface area (Å²) in [5, 5.41) is 5.50. The van der Waals surface area contributed by atoms with Gasteiger partial charge < -0.3 is 9.88 Å². The van der Waals surface area contributed by atoms with Gasteiger partial charge in [0.1, 0.15) is 16.5 Å². The Labute approximate surface area is 272 Å². The van der Waals surface area contributed by atoms with Crippen molar-refractivity contribution in [3.05, 3.63) is 51.8 Å². The highest BCUT2D eigenvalue weighted by molar-refractivity contribution is 7.91. The van der Waals surface area contributed by atoms with E-state index in [1.165, 1.54) is 27.7 Å². The van der Waals surface area contributed by atoms with E-state index in [-0.39, 0.29) is 28.5 Å². The second-order valence-electron chi connectivity index (χ2n) is 13.0. The predicted octanol–water partition coefficient (Wildman–Crippen LogP) is 6.13. The summed E-state index contributed by atoms with van der Waals surface area (Å²) in [7, 11) is -2.90. The molecule has 1 atom stereocenters. The number of fused-ring (bicyclic) bond motifs is 2. The molecule has 4 aromatic rings. The van der Waals surface area contributed by atoms with Crippen LogP contribution in [0.5, 0.6) is 0 Å². The number of rotatable bonds is 9. The first kappa shape index (κ1) is 33.2. The molecule has 1 aromatic carbocycles. The Morgan fingerprint density at radius 1 is 1.04 bits per heavy atom. The fraction of sp³-hybridized carbons (Fsp3) is 0.576. The minimum absolute atomic E-state index is 0.187. The van der Waals surface area contributed by atoms with Crippen molar-refractivity contribution in [1.82, 2.24) is 24.3 Å². The Morgan fingerprint density at radius 2 is 1.76 bits per heavy atom. The van der Waals surface area contributed by atoms with Crippen LogP contribution >= 0.6 is 11.3 Å². The van der Waals surface area contributed by atoms with E-state index in [0.717, 1.165) is 50.4 Å². The van der Waals surface area contributed by atoms with Crippen molar-refractivity contribution in [2.45, 2.75) is 84.7 Å². The number of aromatic nitrogens is 3. The SMILES string of the molecule is CCc1nc(NC2CCN(Cc3ccc4c(cc(C)n4C[C@H](C)N4CCS(=O)(=O)CC4)c3C)CC2)c2cc(CC(F)(F)F)sc2n1. The van der Waals surface area contributed by atoms with E-state index in [1.807, 2.05) is 6.92 Å². The summed E-state index contributed by atoms with van der Waals surface area (Å²) in [6, 6.07) is 8.77. The number of nitrogens with zero attached hydrogens (tertiary/aromatic N) is 5. The fourth-order valence-electron chi connectivity index (χ4n) is 6.85. The highest BCUT2D eigenvalue weighted by Gasteiger charge is 2.30. The zero-order valence-corrected chi connectivity index (χ0v) is 28.6. The molecule has 0 unspecified atom stereocenters. The largest absolute Gasteiger partial charge is 0.393 e. The number of benzene rings is 1. The van der Waals surface area contributed by atoms with Crippen molar-refractivity contribution in [3.63, 3.8) is 0 Å². The Kier molecular flexibility index (Phi) is 9.41. The predicted molar refractivity (Wildman–Crippen MR) is 180 cm³/mol. The smallest absolute Gasteiger partial charge is 0.367 e. The molecule has 13 heteroatoms. The van der Waals surface area contributed by atoms with Gasteiger partial charge in [0.2, 0.25) is 0 Å². The van der Waals surface area contributed by atoms with Gasteiger partial charge in [-0.05, 0) is 62.9 Å². The van der Waals surface area contributed by atoms with Crippen molar-refractivity contribution in [2.24, 2.45) is 0 Å². The maximum atomic E-state index is 13.1. The molecule has 3 aromatic heterocycles. The van der Waals surface area contributed by atoms with Gasteiger partial charge in [-0.3, -0.25) is 9.80 Å². The van der Waals surface area contributed by atoms with Crippen LogP contribution in [0.1, 0.15) is 54.2 Å². The van der Waals surface area contributed by atoms with Gasteiger partial charge in [0.15, 0.2) is 9.84 Å². The molecule has 2 fully saturated rings. The Bertz CT molecular complexity index is 1810. The number of sulfone groups is 1. The molecule has 0 saturated carbocycles. The van der Waals surface area contributed by atoms with Gasteiger partial charge in [-0.15, -0.1) is 11.3 Å². The highest BCUT2D eigenvalue weighted by Crippen LogP contribution is 2.34. The molecule has 250 valence electrons. The maximum Gasteiger partial charge on any atom is 0.393 e. The Balaban J connectivity index is 1.10. The molecule has 2 aliphatic rings. The monoisotopic (exact) mass is 676 g/mol. The van der Waals surface area contributed by atoms with E-state index >= 15 is 0 Å². The molecule has 1 N–H and O–H groups in total. The van der Waals surface area contributed by atoms with E-state index in [9.17, 15) is 21.6 Å². The quantitative estimate of drug-likeness (QED) is 0.229. The van der Waals surface area contributed by atoms with Crippen molar-refractivity contribution >= 4 is 48.1 Å². The number of aryl methyl sites for hydroxylation is 3. The minimum Gasteiger partial charge on any atom is -0.367 e. The van der Waals surface area contributed by atoms with Gasteiger partial charge in [0.05, 0.1) is 23.3 Å². The lowest BCUT2D eigenvalue weighted by molar-refractivity contribution is -0.126. The zero-order chi connectivity index (χ0) is 32.8. The van der Waals surface area contributed by atoms with Gasteiger partial charge in [-0.1, -0.05) is 13.0 Å².